The van der Waals surface area contributed by atoms with Crippen LogP contribution in [0.2, 0.25) is 0 Å². The fraction of sp³-hybridized carbons (Fsp3) is 0.316. The maximum absolute atomic E-state index is 5.57. The molecule has 0 bridgehead atoms. The van der Waals surface area contributed by atoms with Crippen molar-refractivity contribution in [2.45, 2.75) is 13.5 Å². The van der Waals surface area contributed by atoms with Gasteiger partial charge in [0.15, 0.2) is 0 Å². The minimum absolute atomic E-state index is 0.778. The standard InChI is InChI=1S/C19H23N3O2/c1-13-7-6-10-22-16(12-21(2)3)18(20-19(13)22)15-11-14(23-4)8-9-17(15)24-5/h6-11H,12H2,1-5H3. The fourth-order valence-corrected chi connectivity index (χ4v) is 2.92. The number of aryl methyl sites for hydroxylation is 1. The quantitative estimate of drug-likeness (QED) is 0.721. The maximum atomic E-state index is 5.57. The highest BCUT2D eigenvalue weighted by atomic mass is 16.5. The molecule has 0 spiro atoms. The number of hydrogen-bond donors (Lipinski definition) is 0. The second kappa shape index (κ2) is 6.53. The van der Waals surface area contributed by atoms with Crippen LogP contribution < -0.4 is 9.47 Å². The Hall–Kier alpha value is -2.53. The van der Waals surface area contributed by atoms with E-state index in [1.807, 2.05) is 18.2 Å². The van der Waals surface area contributed by atoms with Crippen LogP contribution in [0.3, 0.4) is 0 Å². The number of ether oxygens (including phenoxy) is 2. The van der Waals surface area contributed by atoms with Crippen molar-refractivity contribution >= 4 is 5.65 Å². The van der Waals surface area contributed by atoms with E-state index in [9.17, 15) is 0 Å². The number of benzene rings is 1. The minimum atomic E-state index is 0.778. The second-order valence-corrected chi connectivity index (χ2v) is 6.10. The summed E-state index contributed by atoms with van der Waals surface area (Å²) in [6.45, 7) is 2.86. The van der Waals surface area contributed by atoms with Gasteiger partial charge < -0.3 is 18.8 Å². The third-order valence-corrected chi connectivity index (χ3v) is 4.07. The van der Waals surface area contributed by atoms with E-state index in [0.717, 1.165) is 46.2 Å². The van der Waals surface area contributed by atoms with Crippen LogP contribution in [0.25, 0.3) is 16.9 Å². The molecule has 24 heavy (non-hydrogen) atoms. The third-order valence-electron chi connectivity index (χ3n) is 4.07. The number of nitrogens with zero attached hydrogens (tertiary/aromatic N) is 3. The van der Waals surface area contributed by atoms with Crippen molar-refractivity contribution in [3.8, 4) is 22.8 Å². The Kier molecular flexibility index (Phi) is 4.44. The highest BCUT2D eigenvalue weighted by molar-refractivity contribution is 5.74. The molecule has 0 amide bonds. The van der Waals surface area contributed by atoms with Gasteiger partial charge in [-0.25, -0.2) is 4.98 Å². The van der Waals surface area contributed by atoms with E-state index in [2.05, 4.69) is 48.6 Å². The molecule has 0 fully saturated rings. The van der Waals surface area contributed by atoms with Crippen LogP contribution in [-0.2, 0) is 6.54 Å². The summed E-state index contributed by atoms with van der Waals surface area (Å²) in [5, 5.41) is 0. The Morgan fingerprint density at radius 2 is 1.92 bits per heavy atom. The van der Waals surface area contributed by atoms with E-state index in [1.165, 1.54) is 0 Å². The van der Waals surface area contributed by atoms with Gasteiger partial charge in [0, 0.05) is 18.3 Å². The number of hydrogen-bond acceptors (Lipinski definition) is 4. The predicted octanol–water partition coefficient (Wildman–Crippen LogP) is 3.39. The molecule has 0 saturated carbocycles. The van der Waals surface area contributed by atoms with E-state index in [4.69, 9.17) is 14.5 Å². The molecular weight excluding hydrogens is 302 g/mol. The summed E-state index contributed by atoms with van der Waals surface area (Å²) >= 11 is 0. The van der Waals surface area contributed by atoms with Crippen molar-refractivity contribution in [2.75, 3.05) is 28.3 Å². The third kappa shape index (κ3) is 2.83. The lowest BCUT2D eigenvalue weighted by Crippen LogP contribution is -2.13. The van der Waals surface area contributed by atoms with Crippen molar-refractivity contribution in [3.05, 3.63) is 47.8 Å². The SMILES string of the molecule is COc1ccc(OC)c(-c2nc3c(C)cccn3c2CN(C)C)c1. The molecule has 2 aromatic heterocycles. The summed E-state index contributed by atoms with van der Waals surface area (Å²) in [7, 11) is 7.46. The zero-order chi connectivity index (χ0) is 17.3. The summed E-state index contributed by atoms with van der Waals surface area (Å²) in [5.74, 6) is 1.58. The average molecular weight is 325 g/mol. The Bertz CT molecular complexity index is 868. The number of methoxy groups -OCH3 is 2. The second-order valence-electron chi connectivity index (χ2n) is 6.10. The molecule has 0 atom stereocenters. The van der Waals surface area contributed by atoms with Crippen LogP contribution in [0.15, 0.2) is 36.5 Å². The van der Waals surface area contributed by atoms with Gasteiger partial charge in [0.1, 0.15) is 17.1 Å². The van der Waals surface area contributed by atoms with Crippen LogP contribution in [0.1, 0.15) is 11.3 Å². The molecule has 0 N–H and O–H groups in total. The van der Waals surface area contributed by atoms with Gasteiger partial charge >= 0.3 is 0 Å². The number of aromatic nitrogens is 2. The predicted molar refractivity (Wildman–Crippen MR) is 95.9 cm³/mol. The molecule has 1 aromatic carbocycles. The lowest BCUT2D eigenvalue weighted by molar-refractivity contribution is 0.395. The van der Waals surface area contributed by atoms with Gasteiger partial charge in [0.05, 0.1) is 25.6 Å². The summed E-state index contributed by atoms with van der Waals surface area (Å²) in [5.41, 5.74) is 5.11. The Morgan fingerprint density at radius 3 is 2.58 bits per heavy atom. The molecule has 0 saturated heterocycles. The molecule has 0 radical (unpaired) electrons. The largest absolute Gasteiger partial charge is 0.497 e. The van der Waals surface area contributed by atoms with E-state index in [1.54, 1.807) is 14.2 Å². The van der Waals surface area contributed by atoms with Gasteiger partial charge in [-0.05, 0) is 50.8 Å². The first-order valence-electron chi connectivity index (χ1n) is 7.88. The number of pyridine rings is 1. The molecule has 3 aromatic rings. The average Bonchev–Trinajstić information content (AvgIpc) is 2.93. The molecule has 5 nitrogen and oxygen atoms in total. The Balaban J connectivity index is 2.31. The first kappa shape index (κ1) is 16.3. The highest BCUT2D eigenvalue weighted by Crippen LogP contribution is 2.36. The molecular formula is C19H23N3O2. The van der Waals surface area contributed by atoms with Crippen molar-refractivity contribution in [2.24, 2.45) is 0 Å². The van der Waals surface area contributed by atoms with Crippen molar-refractivity contribution < 1.29 is 9.47 Å². The van der Waals surface area contributed by atoms with Gasteiger partial charge in [-0.3, -0.25) is 0 Å². The normalized spacial score (nSPS) is 11.2. The van der Waals surface area contributed by atoms with E-state index >= 15 is 0 Å². The zero-order valence-corrected chi connectivity index (χ0v) is 14.8. The van der Waals surface area contributed by atoms with E-state index in [0.29, 0.717) is 0 Å². The molecule has 2 heterocycles. The smallest absolute Gasteiger partial charge is 0.140 e. The number of fused-ring (bicyclic) bond motifs is 1. The topological polar surface area (TPSA) is 39.0 Å². The van der Waals surface area contributed by atoms with Crippen molar-refractivity contribution in [3.63, 3.8) is 0 Å². The van der Waals surface area contributed by atoms with Gasteiger partial charge in [-0.2, -0.15) is 0 Å². The van der Waals surface area contributed by atoms with Crippen LogP contribution >= 0.6 is 0 Å². The molecule has 0 aliphatic rings. The summed E-state index contributed by atoms with van der Waals surface area (Å²) in [6, 6.07) is 9.93. The summed E-state index contributed by atoms with van der Waals surface area (Å²) in [4.78, 5) is 7.06. The molecule has 5 heteroatoms. The Labute approximate surface area is 142 Å². The van der Waals surface area contributed by atoms with Crippen LogP contribution in [-0.4, -0.2) is 42.6 Å². The molecule has 126 valence electrons. The monoisotopic (exact) mass is 325 g/mol. The number of rotatable bonds is 5. The minimum Gasteiger partial charge on any atom is -0.497 e. The maximum Gasteiger partial charge on any atom is 0.140 e. The lowest BCUT2D eigenvalue weighted by atomic mass is 10.1. The number of imidazole rings is 1. The molecule has 0 unspecified atom stereocenters. The first-order valence-corrected chi connectivity index (χ1v) is 7.88. The zero-order valence-electron chi connectivity index (χ0n) is 14.8. The molecule has 0 aliphatic heterocycles. The van der Waals surface area contributed by atoms with Gasteiger partial charge in [-0.15, -0.1) is 0 Å². The molecule has 3 rings (SSSR count). The van der Waals surface area contributed by atoms with Crippen LogP contribution in [0, 0.1) is 6.92 Å². The van der Waals surface area contributed by atoms with E-state index in [-0.39, 0.29) is 0 Å². The van der Waals surface area contributed by atoms with Crippen molar-refractivity contribution in [1.29, 1.82) is 0 Å². The van der Waals surface area contributed by atoms with Gasteiger partial charge in [-0.1, -0.05) is 6.07 Å². The molecule has 0 aliphatic carbocycles. The van der Waals surface area contributed by atoms with Crippen LogP contribution in [0.5, 0.6) is 11.5 Å². The highest BCUT2D eigenvalue weighted by Gasteiger charge is 2.19. The lowest BCUT2D eigenvalue weighted by Gasteiger charge is -2.14. The van der Waals surface area contributed by atoms with Crippen LogP contribution in [0.4, 0.5) is 0 Å². The summed E-state index contributed by atoms with van der Waals surface area (Å²) < 4.78 is 13.1. The first-order chi connectivity index (χ1) is 11.5. The summed E-state index contributed by atoms with van der Waals surface area (Å²) in [6.07, 6.45) is 2.06. The van der Waals surface area contributed by atoms with Gasteiger partial charge in [0.25, 0.3) is 0 Å². The fourth-order valence-electron chi connectivity index (χ4n) is 2.92. The Morgan fingerprint density at radius 1 is 1.12 bits per heavy atom. The van der Waals surface area contributed by atoms with Crippen molar-refractivity contribution in [1.82, 2.24) is 14.3 Å². The van der Waals surface area contributed by atoms with Gasteiger partial charge in [0.2, 0.25) is 0 Å². The van der Waals surface area contributed by atoms with E-state index < -0.39 is 0 Å².